The van der Waals surface area contributed by atoms with E-state index in [1.165, 1.54) is 23.9 Å². The fraction of sp³-hybridized carbons (Fsp3) is 0. The monoisotopic (exact) mass is 280 g/mol. The number of primary sulfonamides is 1. The largest absolute Gasteiger partial charge is 0.399 e. The van der Waals surface area contributed by atoms with Gasteiger partial charge in [-0.2, -0.15) is 0 Å². The van der Waals surface area contributed by atoms with E-state index >= 15 is 0 Å². The second kappa shape index (κ2) is 5.01. The fourth-order valence-corrected chi connectivity index (χ4v) is 2.70. The summed E-state index contributed by atoms with van der Waals surface area (Å²) in [7, 11) is -3.62. The van der Waals surface area contributed by atoms with Crippen LogP contribution in [0.3, 0.4) is 0 Å². The Morgan fingerprint density at radius 1 is 0.833 bits per heavy atom. The highest BCUT2D eigenvalue weighted by Crippen LogP contribution is 2.28. The molecule has 0 unspecified atom stereocenters. The summed E-state index contributed by atoms with van der Waals surface area (Å²) in [6.45, 7) is 0. The predicted octanol–water partition coefficient (Wildman–Crippen LogP) is 2.07. The zero-order valence-electron chi connectivity index (χ0n) is 9.41. The molecule has 0 aliphatic carbocycles. The van der Waals surface area contributed by atoms with E-state index < -0.39 is 10.0 Å². The molecule has 2 aromatic carbocycles. The molecule has 0 aliphatic rings. The van der Waals surface area contributed by atoms with Gasteiger partial charge in [-0.3, -0.25) is 0 Å². The summed E-state index contributed by atoms with van der Waals surface area (Å²) in [6.07, 6.45) is 0. The van der Waals surface area contributed by atoms with Gasteiger partial charge in [0.05, 0.1) is 4.90 Å². The van der Waals surface area contributed by atoms with Crippen LogP contribution in [0.1, 0.15) is 0 Å². The molecule has 4 nitrogen and oxygen atoms in total. The normalized spacial score (nSPS) is 11.4. The molecule has 0 saturated heterocycles. The highest BCUT2D eigenvalue weighted by Gasteiger charge is 2.07. The Bertz CT molecular complexity index is 635. The number of hydrogen-bond acceptors (Lipinski definition) is 4. The van der Waals surface area contributed by atoms with Crippen molar-refractivity contribution in [3.63, 3.8) is 0 Å². The summed E-state index contributed by atoms with van der Waals surface area (Å²) in [5.41, 5.74) is 6.31. The molecule has 0 atom stereocenters. The van der Waals surface area contributed by atoms with Crippen molar-refractivity contribution in [1.29, 1.82) is 0 Å². The van der Waals surface area contributed by atoms with Crippen LogP contribution in [-0.2, 0) is 10.0 Å². The zero-order chi connectivity index (χ0) is 13.2. The maximum atomic E-state index is 11.1. The number of rotatable bonds is 3. The molecule has 2 aromatic rings. The number of hydrogen-bond donors (Lipinski definition) is 2. The summed E-state index contributed by atoms with van der Waals surface area (Å²) < 4.78 is 22.2. The summed E-state index contributed by atoms with van der Waals surface area (Å²) in [5.74, 6) is 0. The van der Waals surface area contributed by atoms with E-state index in [2.05, 4.69) is 0 Å². The first kappa shape index (κ1) is 12.9. The average molecular weight is 280 g/mol. The van der Waals surface area contributed by atoms with Gasteiger partial charge in [-0.05, 0) is 48.5 Å². The van der Waals surface area contributed by atoms with Crippen LogP contribution in [0.5, 0.6) is 0 Å². The van der Waals surface area contributed by atoms with Gasteiger partial charge in [0.15, 0.2) is 0 Å². The van der Waals surface area contributed by atoms with Crippen LogP contribution in [0, 0.1) is 0 Å². The molecule has 6 heteroatoms. The third kappa shape index (κ3) is 3.25. The molecule has 94 valence electrons. The van der Waals surface area contributed by atoms with Crippen LogP contribution < -0.4 is 10.9 Å². The molecule has 0 aromatic heterocycles. The van der Waals surface area contributed by atoms with Gasteiger partial charge in [0.1, 0.15) is 0 Å². The summed E-state index contributed by atoms with van der Waals surface area (Å²) in [4.78, 5) is 2.09. The molecule has 4 N–H and O–H groups in total. The van der Waals surface area contributed by atoms with Crippen LogP contribution in [-0.4, -0.2) is 8.42 Å². The Balaban J connectivity index is 2.18. The molecule has 0 fully saturated rings. The highest BCUT2D eigenvalue weighted by atomic mass is 32.2. The molecule has 0 spiro atoms. The maximum Gasteiger partial charge on any atom is 0.238 e. The first-order valence-corrected chi connectivity index (χ1v) is 7.48. The summed E-state index contributed by atoms with van der Waals surface area (Å²) in [6, 6.07) is 13.9. The standard InChI is InChI=1S/C12H12N2O2S2/c13-9-1-3-10(4-2-9)17-11-5-7-12(8-6-11)18(14,15)16/h1-8H,13H2,(H2,14,15,16). The predicted molar refractivity (Wildman–Crippen MR) is 72.8 cm³/mol. The number of benzene rings is 2. The van der Waals surface area contributed by atoms with E-state index in [0.29, 0.717) is 5.69 Å². The fourth-order valence-electron chi connectivity index (χ4n) is 1.37. The molecule has 0 bridgehead atoms. The van der Waals surface area contributed by atoms with Gasteiger partial charge >= 0.3 is 0 Å². The number of nitrogens with two attached hydrogens (primary N) is 2. The Morgan fingerprint density at radius 2 is 1.28 bits per heavy atom. The second-order valence-electron chi connectivity index (χ2n) is 3.69. The lowest BCUT2D eigenvalue weighted by Crippen LogP contribution is -2.11. The molecule has 0 aliphatic heterocycles. The molecule has 0 heterocycles. The lowest BCUT2D eigenvalue weighted by Gasteiger charge is -2.03. The smallest absolute Gasteiger partial charge is 0.238 e. The minimum atomic E-state index is -3.62. The average Bonchev–Trinajstić information content (AvgIpc) is 2.32. The van der Waals surface area contributed by atoms with Gasteiger partial charge in [0, 0.05) is 15.5 Å². The zero-order valence-corrected chi connectivity index (χ0v) is 11.0. The lowest BCUT2D eigenvalue weighted by molar-refractivity contribution is 0.597. The lowest BCUT2D eigenvalue weighted by atomic mass is 10.3. The molecule has 18 heavy (non-hydrogen) atoms. The number of sulfonamides is 1. The summed E-state index contributed by atoms with van der Waals surface area (Å²) >= 11 is 1.52. The SMILES string of the molecule is Nc1ccc(Sc2ccc(S(N)(=O)=O)cc2)cc1. The quantitative estimate of drug-likeness (QED) is 0.843. The van der Waals surface area contributed by atoms with Gasteiger partial charge in [0.2, 0.25) is 10.0 Å². The third-order valence-corrected chi connectivity index (χ3v) is 4.21. The van der Waals surface area contributed by atoms with Crippen LogP contribution in [0.15, 0.2) is 63.2 Å². The van der Waals surface area contributed by atoms with Crippen molar-refractivity contribution < 1.29 is 8.42 Å². The van der Waals surface area contributed by atoms with Gasteiger partial charge in [-0.25, -0.2) is 13.6 Å². The molecular formula is C12H12N2O2S2. The molecular weight excluding hydrogens is 268 g/mol. The van der Waals surface area contributed by atoms with Gasteiger partial charge in [0.25, 0.3) is 0 Å². The number of anilines is 1. The van der Waals surface area contributed by atoms with E-state index in [4.69, 9.17) is 10.9 Å². The Labute approximate surface area is 110 Å². The molecule has 0 amide bonds. The minimum absolute atomic E-state index is 0.115. The Morgan fingerprint density at radius 3 is 1.72 bits per heavy atom. The third-order valence-electron chi connectivity index (χ3n) is 2.27. The van der Waals surface area contributed by atoms with Crippen molar-refractivity contribution in [2.24, 2.45) is 5.14 Å². The Hall–Kier alpha value is -1.50. The Kier molecular flexibility index (Phi) is 3.60. The van der Waals surface area contributed by atoms with Gasteiger partial charge < -0.3 is 5.73 Å². The first-order valence-electron chi connectivity index (χ1n) is 5.11. The van der Waals surface area contributed by atoms with Crippen molar-refractivity contribution in [3.05, 3.63) is 48.5 Å². The second-order valence-corrected chi connectivity index (χ2v) is 6.40. The van der Waals surface area contributed by atoms with Gasteiger partial charge in [-0.15, -0.1) is 0 Å². The van der Waals surface area contributed by atoms with Crippen LogP contribution in [0.2, 0.25) is 0 Å². The van der Waals surface area contributed by atoms with Crippen molar-refractivity contribution in [3.8, 4) is 0 Å². The maximum absolute atomic E-state index is 11.1. The molecule has 0 radical (unpaired) electrons. The van der Waals surface area contributed by atoms with E-state index in [1.54, 1.807) is 12.1 Å². The minimum Gasteiger partial charge on any atom is -0.399 e. The topological polar surface area (TPSA) is 86.2 Å². The first-order chi connectivity index (χ1) is 8.45. The van der Waals surface area contributed by atoms with Crippen LogP contribution >= 0.6 is 11.8 Å². The summed E-state index contributed by atoms with van der Waals surface area (Å²) in [5, 5.41) is 5.03. The molecule has 0 saturated carbocycles. The van der Waals surface area contributed by atoms with E-state index in [-0.39, 0.29) is 4.90 Å². The highest BCUT2D eigenvalue weighted by molar-refractivity contribution is 7.99. The van der Waals surface area contributed by atoms with Crippen LogP contribution in [0.4, 0.5) is 5.69 Å². The van der Waals surface area contributed by atoms with Crippen molar-refractivity contribution in [2.45, 2.75) is 14.7 Å². The van der Waals surface area contributed by atoms with Crippen molar-refractivity contribution >= 4 is 27.5 Å². The van der Waals surface area contributed by atoms with E-state index in [1.807, 2.05) is 24.3 Å². The van der Waals surface area contributed by atoms with E-state index in [0.717, 1.165) is 9.79 Å². The van der Waals surface area contributed by atoms with E-state index in [9.17, 15) is 8.42 Å². The van der Waals surface area contributed by atoms with Crippen LogP contribution in [0.25, 0.3) is 0 Å². The molecule has 2 rings (SSSR count). The van der Waals surface area contributed by atoms with Crippen molar-refractivity contribution in [1.82, 2.24) is 0 Å². The van der Waals surface area contributed by atoms with Gasteiger partial charge in [-0.1, -0.05) is 11.8 Å². The number of nitrogen functional groups attached to an aromatic ring is 1. The van der Waals surface area contributed by atoms with Crippen molar-refractivity contribution in [2.75, 3.05) is 5.73 Å².